The molecule has 0 amide bonds. The van der Waals surface area contributed by atoms with E-state index in [1.165, 1.54) is 0 Å². The van der Waals surface area contributed by atoms with Crippen LogP contribution in [0.4, 0.5) is 18.3 Å². The number of benzene rings is 1. The molecule has 1 aromatic carbocycles. The van der Waals surface area contributed by atoms with Crippen molar-refractivity contribution in [2.45, 2.75) is 13.1 Å². The summed E-state index contributed by atoms with van der Waals surface area (Å²) in [7, 11) is 0. The molecule has 2 aromatic rings. The minimum atomic E-state index is -4.34. The summed E-state index contributed by atoms with van der Waals surface area (Å²) < 4.78 is 42.5. The summed E-state index contributed by atoms with van der Waals surface area (Å²) in [5, 5.41) is 3.04. The van der Waals surface area contributed by atoms with Crippen molar-refractivity contribution in [3.63, 3.8) is 0 Å². The van der Waals surface area contributed by atoms with Crippen LogP contribution < -0.4 is 10.1 Å². The Morgan fingerprint density at radius 2 is 1.95 bits per heavy atom. The van der Waals surface area contributed by atoms with Crippen molar-refractivity contribution in [1.29, 1.82) is 0 Å². The first-order chi connectivity index (χ1) is 9.45. The number of thiazole rings is 1. The van der Waals surface area contributed by atoms with Crippen molar-refractivity contribution in [1.82, 2.24) is 4.98 Å². The van der Waals surface area contributed by atoms with E-state index in [2.05, 4.69) is 10.3 Å². The predicted molar refractivity (Wildman–Crippen MR) is 72.3 cm³/mol. The average molecular weight is 302 g/mol. The molecule has 3 nitrogen and oxygen atoms in total. The molecule has 0 aliphatic heterocycles. The molecule has 0 spiro atoms. The van der Waals surface area contributed by atoms with Crippen molar-refractivity contribution >= 4 is 16.5 Å². The van der Waals surface area contributed by atoms with Gasteiger partial charge in [-0.1, -0.05) is 29.0 Å². The highest BCUT2D eigenvalue weighted by Gasteiger charge is 2.33. The van der Waals surface area contributed by atoms with Gasteiger partial charge in [0.1, 0.15) is 17.2 Å². The van der Waals surface area contributed by atoms with Gasteiger partial charge in [-0.2, -0.15) is 13.2 Å². The van der Waals surface area contributed by atoms with E-state index < -0.39 is 11.1 Å². The summed E-state index contributed by atoms with van der Waals surface area (Å²) in [6, 6.07) is 7.55. The zero-order valence-electron chi connectivity index (χ0n) is 10.7. The Bertz CT molecular complexity index is 551. The highest BCUT2D eigenvalue weighted by atomic mass is 32.1. The summed E-state index contributed by atoms with van der Waals surface area (Å²) in [6.45, 7) is 2.72. The van der Waals surface area contributed by atoms with Gasteiger partial charge in [0.15, 0.2) is 5.13 Å². The number of hydrogen-bond donors (Lipinski definition) is 1. The maximum absolute atomic E-state index is 12.4. The summed E-state index contributed by atoms with van der Waals surface area (Å²) >= 11 is 0.585. The van der Waals surface area contributed by atoms with E-state index in [1.807, 2.05) is 31.2 Å². The lowest BCUT2D eigenvalue weighted by Gasteiger charge is -2.06. The Morgan fingerprint density at radius 1 is 1.25 bits per heavy atom. The zero-order valence-corrected chi connectivity index (χ0v) is 11.5. The van der Waals surface area contributed by atoms with Crippen LogP contribution in [-0.2, 0) is 6.18 Å². The van der Waals surface area contributed by atoms with Crippen LogP contribution in [0.2, 0.25) is 0 Å². The van der Waals surface area contributed by atoms with Gasteiger partial charge in [-0.25, -0.2) is 4.98 Å². The van der Waals surface area contributed by atoms with E-state index in [0.717, 1.165) is 17.5 Å². The van der Waals surface area contributed by atoms with E-state index in [9.17, 15) is 13.2 Å². The molecule has 0 fully saturated rings. The second-order valence-corrected chi connectivity index (χ2v) is 5.15. The molecular weight excluding hydrogens is 289 g/mol. The number of halogens is 3. The second-order valence-electron chi connectivity index (χ2n) is 4.12. The molecule has 0 radical (unpaired) electrons. The molecule has 0 aliphatic carbocycles. The standard InChI is InChI=1S/C13H13F3N2OS/c1-9-2-4-10(5-3-9)19-7-6-17-12-18-8-11(20-12)13(14,15)16/h2-5,8H,6-7H2,1H3,(H,17,18). The highest BCUT2D eigenvalue weighted by molar-refractivity contribution is 7.15. The molecule has 7 heteroatoms. The van der Waals surface area contributed by atoms with Gasteiger partial charge in [-0.15, -0.1) is 0 Å². The van der Waals surface area contributed by atoms with Gasteiger partial charge < -0.3 is 10.1 Å². The molecular formula is C13H13F3N2OS. The maximum atomic E-state index is 12.4. The fraction of sp³-hybridized carbons (Fsp3) is 0.308. The zero-order chi connectivity index (χ0) is 14.6. The second kappa shape index (κ2) is 6.13. The summed E-state index contributed by atoms with van der Waals surface area (Å²) in [5.41, 5.74) is 1.14. The number of alkyl halides is 3. The third-order valence-corrected chi connectivity index (χ3v) is 3.45. The fourth-order valence-corrected chi connectivity index (χ4v) is 2.16. The lowest BCUT2D eigenvalue weighted by Crippen LogP contribution is -2.11. The molecule has 2 rings (SSSR count). The van der Waals surface area contributed by atoms with Gasteiger partial charge >= 0.3 is 6.18 Å². The average Bonchev–Trinajstić information content (AvgIpc) is 2.85. The third-order valence-electron chi connectivity index (χ3n) is 2.45. The van der Waals surface area contributed by atoms with Crippen molar-refractivity contribution in [2.75, 3.05) is 18.5 Å². The topological polar surface area (TPSA) is 34.1 Å². The number of anilines is 1. The van der Waals surface area contributed by atoms with Gasteiger partial charge in [0.25, 0.3) is 0 Å². The van der Waals surface area contributed by atoms with Crippen LogP contribution in [0.15, 0.2) is 30.5 Å². The molecule has 0 saturated heterocycles. The van der Waals surface area contributed by atoms with E-state index in [4.69, 9.17) is 4.74 Å². The van der Waals surface area contributed by atoms with Crippen LogP contribution in [-0.4, -0.2) is 18.1 Å². The molecule has 0 bridgehead atoms. The number of nitrogens with zero attached hydrogens (tertiary/aromatic N) is 1. The monoisotopic (exact) mass is 302 g/mol. The van der Waals surface area contributed by atoms with E-state index >= 15 is 0 Å². The number of rotatable bonds is 5. The highest BCUT2D eigenvalue weighted by Crippen LogP contribution is 2.34. The van der Waals surface area contributed by atoms with Crippen molar-refractivity contribution in [3.05, 3.63) is 40.9 Å². The molecule has 0 saturated carbocycles. The number of ether oxygens (including phenoxy) is 1. The van der Waals surface area contributed by atoms with Crippen LogP contribution >= 0.6 is 11.3 Å². The predicted octanol–water partition coefficient (Wildman–Crippen LogP) is 3.96. The van der Waals surface area contributed by atoms with Crippen molar-refractivity contribution in [2.24, 2.45) is 0 Å². The molecule has 0 atom stereocenters. The number of hydrogen-bond acceptors (Lipinski definition) is 4. The Morgan fingerprint density at radius 3 is 2.55 bits per heavy atom. The molecule has 0 aliphatic rings. The smallest absolute Gasteiger partial charge is 0.427 e. The van der Waals surface area contributed by atoms with E-state index in [0.29, 0.717) is 24.5 Å². The minimum Gasteiger partial charge on any atom is -0.492 e. The number of aromatic nitrogens is 1. The van der Waals surface area contributed by atoms with Crippen LogP contribution in [0, 0.1) is 6.92 Å². The van der Waals surface area contributed by atoms with Gasteiger partial charge in [0, 0.05) is 0 Å². The Kier molecular flexibility index (Phi) is 4.49. The number of nitrogens with one attached hydrogen (secondary N) is 1. The van der Waals surface area contributed by atoms with Crippen LogP contribution in [0.3, 0.4) is 0 Å². The third kappa shape index (κ3) is 4.12. The normalized spacial score (nSPS) is 11.4. The Labute approximate surface area is 118 Å². The largest absolute Gasteiger partial charge is 0.492 e. The maximum Gasteiger partial charge on any atom is 0.427 e. The lowest BCUT2D eigenvalue weighted by atomic mass is 10.2. The first-order valence-electron chi connectivity index (χ1n) is 5.91. The van der Waals surface area contributed by atoms with Crippen LogP contribution in [0.25, 0.3) is 0 Å². The Hall–Kier alpha value is -1.76. The molecule has 1 N–H and O–H groups in total. The molecule has 1 heterocycles. The summed E-state index contributed by atoms with van der Waals surface area (Å²) in [4.78, 5) is 2.96. The molecule has 1 aromatic heterocycles. The number of aryl methyl sites for hydroxylation is 1. The lowest BCUT2D eigenvalue weighted by molar-refractivity contribution is -0.134. The van der Waals surface area contributed by atoms with Crippen molar-refractivity contribution < 1.29 is 17.9 Å². The van der Waals surface area contributed by atoms with E-state index in [-0.39, 0.29) is 5.13 Å². The quantitative estimate of drug-likeness (QED) is 0.849. The molecule has 20 heavy (non-hydrogen) atoms. The SMILES string of the molecule is Cc1ccc(OCCNc2ncc(C(F)(F)F)s2)cc1. The van der Waals surface area contributed by atoms with Crippen LogP contribution in [0.5, 0.6) is 5.75 Å². The first kappa shape index (κ1) is 14.6. The Balaban J connectivity index is 1.76. The fourth-order valence-electron chi connectivity index (χ4n) is 1.45. The van der Waals surface area contributed by atoms with E-state index in [1.54, 1.807) is 0 Å². The van der Waals surface area contributed by atoms with Crippen molar-refractivity contribution in [3.8, 4) is 5.75 Å². The molecule has 108 valence electrons. The first-order valence-corrected chi connectivity index (χ1v) is 6.73. The van der Waals surface area contributed by atoms with Crippen LogP contribution in [0.1, 0.15) is 10.4 Å². The van der Waals surface area contributed by atoms with Gasteiger partial charge in [-0.05, 0) is 19.1 Å². The van der Waals surface area contributed by atoms with Gasteiger partial charge in [0.2, 0.25) is 0 Å². The van der Waals surface area contributed by atoms with Gasteiger partial charge in [-0.3, -0.25) is 0 Å². The molecule has 0 unspecified atom stereocenters. The van der Waals surface area contributed by atoms with Gasteiger partial charge in [0.05, 0.1) is 12.7 Å². The minimum absolute atomic E-state index is 0.241. The summed E-state index contributed by atoms with van der Waals surface area (Å²) in [5.74, 6) is 0.729. The summed E-state index contributed by atoms with van der Waals surface area (Å²) in [6.07, 6.45) is -3.51.